The van der Waals surface area contributed by atoms with Gasteiger partial charge in [0.25, 0.3) is 5.91 Å². The molecule has 0 unspecified atom stereocenters. The molecule has 22 heavy (non-hydrogen) atoms. The van der Waals surface area contributed by atoms with Crippen LogP contribution in [0.2, 0.25) is 0 Å². The number of piperazine rings is 2. The van der Waals surface area contributed by atoms with E-state index in [0.717, 1.165) is 37.2 Å². The van der Waals surface area contributed by atoms with E-state index in [-0.39, 0.29) is 17.9 Å². The SMILES string of the molecule is CCc1c(C(=O)N2CCN3CCN(C)C(=O)[C@@H]3C2)csc1C. The number of rotatable bonds is 2. The molecule has 0 aromatic carbocycles. The molecule has 0 N–H and O–H groups in total. The fourth-order valence-electron chi connectivity index (χ4n) is 3.42. The van der Waals surface area contributed by atoms with Gasteiger partial charge in [0, 0.05) is 50.0 Å². The van der Waals surface area contributed by atoms with E-state index in [1.807, 2.05) is 17.3 Å². The third-order valence-electron chi connectivity index (χ3n) is 4.85. The average Bonchev–Trinajstić information content (AvgIpc) is 2.90. The Balaban J connectivity index is 1.78. The fourth-order valence-corrected chi connectivity index (χ4v) is 4.35. The van der Waals surface area contributed by atoms with Crippen molar-refractivity contribution in [1.82, 2.24) is 14.7 Å². The zero-order valence-corrected chi connectivity index (χ0v) is 14.3. The largest absolute Gasteiger partial charge is 0.343 e. The molecule has 0 bridgehead atoms. The van der Waals surface area contributed by atoms with Crippen molar-refractivity contribution in [3.8, 4) is 0 Å². The summed E-state index contributed by atoms with van der Waals surface area (Å²) in [5.41, 5.74) is 1.99. The lowest BCUT2D eigenvalue weighted by Gasteiger charge is -2.45. The molecule has 2 aliphatic heterocycles. The van der Waals surface area contributed by atoms with E-state index in [0.29, 0.717) is 13.1 Å². The molecule has 2 fully saturated rings. The molecule has 1 atom stereocenters. The van der Waals surface area contributed by atoms with Crippen LogP contribution in [0.15, 0.2) is 5.38 Å². The monoisotopic (exact) mass is 321 g/mol. The van der Waals surface area contributed by atoms with Gasteiger partial charge in [-0.25, -0.2) is 0 Å². The lowest BCUT2D eigenvalue weighted by molar-refractivity contribution is -0.142. The number of aryl methyl sites for hydroxylation is 1. The summed E-state index contributed by atoms with van der Waals surface area (Å²) in [6, 6.07) is -0.166. The molecular weight excluding hydrogens is 298 g/mol. The van der Waals surface area contributed by atoms with Crippen LogP contribution in [0.25, 0.3) is 0 Å². The van der Waals surface area contributed by atoms with Crippen molar-refractivity contribution in [3.05, 3.63) is 21.4 Å². The highest BCUT2D eigenvalue weighted by atomic mass is 32.1. The number of nitrogens with zero attached hydrogens (tertiary/aromatic N) is 3. The molecule has 1 aromatic rings. The first-order valence-electron chi connectivity index (χ1n) is 7.88. The summed E-state index contributed by atoms with van der Waals surface area (Å²) < 4.78 is 0. The fraction of sp³-hybridized carbons (Fsp3) is 0.625. The van der Waals surface area contributed by atoms with E-state index in [9.17, 15) is 9.59 Å². The quantitative estimate of drug-likeness (QED) is 0.823. The highest BCUT2D eigenvalue weighted by molar-refractivity contribution is 7.10. The van der Waals surface area contributed by atoms with Crippen molar-refractivity contribution in [3.63, 3.8) is 0 Å². The van der Waals surface area contributed by atoms with Crippen LogP contribution in [-0.4, -0.2) is 72.3 Å². The Hall–Kier alpha value is -1.40. The first-order valence-corrected chi connectivity index (χ1v) is 8.76. The van der Waals surface area contributed by atoms with Crippen LogP contribution in [0, 0.1) is 6.92 Å². The molecular formula is C16H23N3O2S. The number of thiophene rings is 1. The lowest BCUT2D eigenvalue weighted by Crippen LogP contribution is -2.64. The predicted molar refractivity (Wildman–Crippen MR) is 87.3 cm³/mol. The minimum Gasteiger partial charge on any atom is -0.343 e. The predicted octanol–water partition coefficient (Wildman–Crippen LogP) is 1.22. The second-order valence-corrected chi connectivity index (χ2v) is 7.18. The normalized spacial score (nSPS) is 22.9. The van der Waals surface area contributed by atoms with Gasteiger partial charge in [-0.05, 0) is 18.9 Å². The maximum atomic E-state index is 12.8. The van der Waals surface area contributed by atoms with E-state index in [1.165, 1.54) is 4.88 Å². The second-order valence-electron chi connectivity index (χ2n) is 6.10. The molecule has 0 radical (unpaired) electrons. The second kappa shape index (κ2) is 6.01. The average molecular weight is 321 g/mol. The van der Waals surface area contributed by atoms with Crippen LogP contribution < -0.4 is 0 Å². The summed E-state index contributed by atoms with van der Waals surface area (Å²) in [4.78, 5) is 32.3. The molecule has 6 heteroatoms. The maximum Gasteiger partial charge on any atom is 0.255 e. The molecule has 0 saturated carbocycles. The Kier molecular flexibility index (Phi) is 4.23. The van der Waals surface area contributed by atoms with Crippen LogP contribution in [0.5, 0.6) is 0 Å². The van der Waals surface area contributed by atoms with E-state index < -0.39 is 0 Å². The molecule has 1 aromatic heterocycles. The zero-order valence-electron chi connectivity index (χ0n) is 13.5. The molecule has 2 saturated heterocycles. The smallest absolute Gasteiger partial charge is 0.255 e. The van der Waals surface area contributed by atoms with Crippen LogP contribution >= 0.6 is 11.3 Å². The highest BCUT2D eigenvalue weighted by Gasteiger charge is 2.39. The maximum absolute atomic E-state index is 12.8. The number of carbonyl (C=O) groups excluding carboxylic acids is 2. The molecule has 3 heterocycles. The number of carbonyl (C=O) groups is 2. The molecule has 0 aliphatic carbocycles. The van der Waals surface area contributed by atoms with E-state index in [4.69, 9.17) is 0 Å². The summed E-state index contributed by atoms with van der Waals surface area (Å²) in [5.74, 6) is 0.225. The molecule has 0 spiro atoms. The van der Waals surface area contributed by atoms with E-state index in [2.05, 4.69) is 18.7 Å². The summed E-state index contributed by atoms with van der Waals surface area (Å²) in [5, 5.41) is 1.97. The minimum absolute atomic E-state index is 0.0851. The Morgan fingerprint density at radius 2 is 2.05 bits per heavy atom. The van der Waals surface area contributed by atoms with Gasteiger partial charge >= 0.3 is 0 Å². The van der Waals surface area contributed by atoms with Gasteiger partial charge in [-0.3, -0.25) is 14.5 Å². The highest BCUT2D eigenvalue weighted by Crippen LogP contribution is 2.25. The van der Waals surface area contributed by atoms with Crippen molar-refractivity contribution in [2.75, 3.05) is 39.8 Å². The van der Waals surface area contributed by atoms with Crippen molar-refractivity contribution in [2.24, 2.45) is 0 Å². The number of likely N-dealkylation sites (N-methyl/N-ethyl adjacent to an activating group) is 1. The minimum atomic E-state index is -0.166. The first-order chi connectivity index (χ1) is 10.5. The summed E-state index contributed by atoms with van der Waals surface area (Å²) >= 11 is 1.64. The summed E-state index contributed by atoms with van der Waals surface area (Å²) in [7, 11) is 1.85. The van der Waals surface area contributed by atoms with Crippen molar-refractivity contribution < 1.29 is 9.59 Å². The Morgan fingerprint density at radius 3 is 2.77 bits per heavy atom. The van der Waals surface area contributed by atoms with Gasteiger partial charge < -0.3 is 9.80 Å². The Morgan fingerprint density at radius 1 is 1.32 bits per heavy atom. The Bertz CT molecular complexity index is 598. The topological polar surface area (TPSA) is 43.9 Å². The molecule has 3 rings (SSSR count). The number of fused-ring (bicyclic) bond motifs is 1. The summed E-state index contributed by atoms with van der Waals surface area (Å²) in [6.45, 7) is 7.87. The van der Waals surface area contributed by atoms with Gasteiger partial charge in [0.2, 0.25) is 5.91 Å². The Labute approximate surface area is 135 Å². The van der Waals surface area contributed by atoms with E-state index >= 15 is 0 Å². The van der Waals surface area contributed by atoms with Gasteiger partial charge in [0.15, 0.2) is 0 Å². The van der Waals surface area contributed by atoms with Crippen molar-refractivity contribution in [2.45, 2.75) is 26.3 Å². The van der Waals surface area contributed by atoms with Crippen molar-refractivity contribution >= 4 is 23.2 Å². The van der Waals surface area contributed by atoms with Crippen molar-refractivity contribution in [1.29, 1.82) is 0 Å². The lowest BCUT2D eigenvalue weighted by atomic mass is 10.0. The van der Waals surface area contributed by atoms with Crippen LogP contribution in [-0.2, 0) is 11.2 Å². The van der Waals surface area contributed by atoms with Crippen LogP contribution in [0.1, 0.15) is 27.7 Å². The van der Waals surface area contributed by atoms with Gasteiger partial charge in [-0.2, -0.15) is 0 Å². The van der Waals surface area contributed by atoms with Gasteiger partial charge in [0.05, 0.1) is 5.56 Å². The third-order valence-corrected chi connectivity index (χ3v) is 5.80. The van der Waals surface area contributed by atoms with Gasteiger partial charge in [-0.15, -0.1) is 11.3 Å². The van der Waals surface area contributed by atoms with Crippen LogP contribution in [0.4, 0.5) is 0 Å². The molecule has 2 amide bonds. The third kappa shape index (κ3) is 2.54. The number of hydrogen-bond acceptors (Lipinski definition) is 4. The molecule has 120 valence electrons. The first kappa shape index (κ1) is 15.5. The number of amides is 2. The van der Waals surface area contributed by atoms with Gasteiger partial charge in [-0.1, -0.05) is 6.92 Å². The van der Waals surface area contributed by atoms with E-state index in [1.54, 1.807) is 16.2 Å². The number of hydrogen-bond donors (Lipinski definition) is 0. The van der Waals surface area contributed by atoms with Crippen LogP contribution in [0.3, 0.4) is 0 Å². The molecule has 2 aliphatic rings. The standard InChI is InChI=1S/C16H23N3O2S/c1-4-12-11(2)22-10-13(12)15(20)19-8-7-18-6-5-17(3)16(21)14(18)9-19/h10,14H,4-9H2,1-3H3/t14-/m0/s1. The molecule has 5 nitrogen and oxygen atoms in total. The summed E-state index contributed by atoms with van der Waals surface area (Å²) in [6.07, 6.45) is 0.876. The van der Waals surface area contributed by atoms with Gasteiger partial charge in [0.1, 0.15) is 6.04 Å². The zero-order chi connectivity index (χ0) is 15.9.